The van der Waals surface area contributed by atoms with E-state index in [0.29, 0.717) is 5.69 Å². The van der Waals surface area contributed by atoms with Crippen molar-refractivity contribution in [1.82, 2.24) is 0 Å². The standard InChI is InChI=1S/C17H16F3N/c1-11(2)13-8-7-12(3)16(9-13)21-15-6-4-5-14(10-15)17(18,19)20/h4-10,21H,1H2,2-3H3. The van der Waals surface area contributed by atoms with Crippen LogP contribution in [0.15, 0.2) is 49.0 Å². The Hall–Kier alpha value is -2.23. The topological polar surface area (TPSA) is 12.0 Å². The second kappa shape index (κ2) is 5.64. The first-order valence-electron chi connectivity index (χ1n) is 6.48. The van der Waals surface area contributed by atoms with E-state index in [-0.39, 0.29) is 0 Å². The number of nitrogens with one attached hydrogen (secondary N) is 1. The first-order valence-corrected chi connectivity index (χ1v) is 6.48. The van der Waals surface area contributed by atoms with Crippen LogP contribution in [-0.4, -0.2) is 0 Å². The molecule has 0 amide bonds. The van der Waals surface area contributed by atoms with Gasteiger partial charge in [-0.3, -0.25) is 0 Å². The highest BCUT2D eigenvalue weighted by atomic mass is 19.4. The number of hydrogen-bond acceptors (Lipinski definition) is 1. The van der Waals surface area contributed by atoms with Crippen molar-refractivity contribution in [3.05, 3.63) is 65.7 Å². The Balaban J connectivity index is 2.34. The maximum Gasteiger partial charge on any atom is 0.416 e. The van der Waals surface area contributed by atoms with Crippen molar-refractivity contribution < 1.29 is 13.2 Å². The fourth-order valence-corrected chi connectivity index (χ4v) is 1.95. The zero-order valence-corrected chi connectivity index (χ0v) is 11.9. The fraction of sp³-hybridized carbons (Fsp3) is 0.176. The van der Waals surface area contributed by atoms with Crippen LogP contribution in [-0.2, 0) is 6.18 Å². The molecule has 0 aliphatic heterocycles. The lowest BCUT2D eigenvalue weighted by Gasteiger charge is -2.13. The minimum absolute atomic E-state index is 0.409. The number of alkyl halides is 3. The lowest BCUT2D eigenvalue weighted by Crippen LogP contribution is -2.05. The molecule has 0 atom stereocenters. The van der Waals surface area contributed by atoms with Crippen molar-refractivity contribution in [3.63, 3.8) is 0 Å². The fourth-order valence-electron chi connectivity index (χ4n) is 1.95. The Morgan fingerprint density at radius 2 is 1.81 bits per heavy atom. The van der Waals surface area contributed by atoms with Gasteiger partial charge in [-0.05, 0) is 49.2 Å². The van der Waals surface area contributed by atoms with E-state index in [1.807, 2.05) is 32.0 Å². The molecule has 0 heterocycles. The van der Waals surface area contributed by atoms with Gasteiger partial charge in [0.05, 0.1) is 5.56 Å². The van der Waals surface area contributed by atoms with E-state index < -0.39 is 11.7 Å². The number of hydrogen-bond donors (Lipinski definition) is 1. The van der Waals surface area contributed by atoms with Gasteiger partial charge in [-0.15, -0.1) is 0 Å². The summed E-state index contributed by atoms with van der Waals surface area (Å²) < 4.78 is 38.1. The number of halogens is 3. The molecular formula is C17H16F3N. The van der Waals surface area contributed by atoms with Crippen LogP contribution in [0.1, 0.15) is 23.6 Å². The smallest absolute Gasteiger partial charge is 0.355 e. The third-order valence-electron chi connectivity index (χ3n) is 3.20. The molecule has 2 aromatic carbocycles. The zero-order chi connectivity index (χ0) is 15.6. The van der Waals surface area contributed by atoms with Crippen molar-refractivity contribution in [2.75, 3.05) is 5.32 Å². The Morgan fingerprint density at radius 1 is 1.10 bits per heavy atom. The first kappa shape index (κ1) is 15.2. The number of anilines is 2. The van der Waals surface area contributed by atoms with E-state index >= 15 is 0 Å². The Labute approximate surface area is 122 Å². The maximum absolute atomic E-state index is 12.7. The molecule has 0 unspecified atom stereocenters. The minimum atomic E-state index is -4.34. The van der Waals surface area contributed by atoms with E-state index in [4.69, 9.17) is 0 Å². The zero-order valence-electron chi connectivity index (χ0n) is 11.9. The van der Waals surface area contributed by atoms with Gasteiger partial charge < -0.3 is 5.32 Å². The van der Waals surface area contributed by atoms with Crippen LogP contribution in [0, 0.1) is 6.92 Å². The van der Waals surface area contributed by atoms with E-state index in [9.17, 15) is 13.2 Å². The lowest BCUT2D eigenvalue weighted by molar-refractivity contribution is -0.137. The van der Waals surface area contributed by atoms with Crippen LogP contribution < -0.4 is 5.32 Å². The molecule has 0 aliphatic carbocycles. The number of allylic oxidation sites excluding steroid dienone is 1. The van der Waals surface area contributed by atoms with Crippen molar-refractivity contribution in [2.45, 2.75) is 20.0 Å². The Kier molecular flexibility index (Phi) is 4.07. The van der Waals surface area contributed by atoms with Gasteiger partial charge in [0.25, 0.3) is 0 Å². The summed E-state index contributed by atoms with van der Waals surface area (Å²) in [6.45, 7) is 7.66. The van der Waals surface area contributed by atoms with Crippen LogP contribution in [0.3, 0.4) is 0 Å². The molecule has 0 fully saturated rings. The van der Waals surface area contributed by atoms with Gasteiger partial charge in [0.1, 0.15) is 0 Å². The summed E-state index contributed by atoms with van der Waals surface area (Å²) in [7, 11) is 0. The summed E-state index contributed by atoms with van der Waals surface area (Å²) in [6, 6.07) is 10.9. The molecule has 0 aliphatic rings. The van der Waals surface area contributed by atoms with Crippen molar-refractivity contribution in [3.8, 4) is 0 Å². The molecule has 2 aromatic rings. The summed E-state index contributed by atoms with van der Waals surface area (Å²) in [5.41, 5.74) is 3.33. The van der Waals surface area contributed by atoms with Gasteiger partial charge in [0, 0.05) is 11.4 Å². The molecule has 21 heavy (non-hydrogen) atoms. The highest BCUT2D eigenvalue weighted by Crippen LogP contribution is 2.32. The Morgan fingerprint density at radius 3 is 2.43 bits per heavy atom. The summed E-state index contributed by atoms with van der Waals surface area (Å²) >= 11 is 0. The number of benzene rings is 2. The second-order valence-electron chi connectivity index (χ2n) is 5.01. The molecule has 0 spiro atoms. The molecule has 1 nitrogen and oxygen atoms in total. The normalized spacial score (nSPS) is 11.3. The quantitative estimate of drug-likeness (QED) is 0.754. The number of rotatable bonds is 3. The molecular weight excluding hydrogens is 275 g/mol. The van der Waals surface area contributed by atoms with Gasteiger partial charge in [0.2, 0.25) is 0 Å². The van der Waals surface area contributed by atoms with Gasteiger partial charge in [-0.1, -0.05) is 30.4 Å². The van der Waals surface area contributed by atoms with Gasteiger partial charge in [0.15, 0.2) is 0 Å². The SMILES string of the molecule is C=C(C)c1ccc(C)c(Nc2cccc(C(F)(F)F)c2)c1. The van der Waals surface area contributed by atoms with Crippen LogP contribution in [0.4, 0.5) is 24.5 Å². The highest BCUT2D eigenvalue weighted by Gasteiger charge is 2.30. The largest absolute Gasteiger partial charge is 0.416 e. The Bertz CT molecular complexity index is 672. The van der Waals surface area contributed by atoms with Crippen LogP contribution in [0.2, 0.25) is 0 Å². The lowest BCUT2D eigenvalue weighted by atomic mass is 10.0. The molecule has 0 bridgehead atoms. The monoisotopic (exact) mass is 291 g/mol. The molecule has 2 rings (SSSR count). The first-order chi connectivity index (χ1) is 9.77. The van der Waals surface area contributed by atoms with Crippen molar-refractivity contribution in [2.24, 2.45) is 0 Å². The van der Waals surface area contributed by atoms with Gasteiger partial charge >= 0.3 is 6.18 Å². The van der Waals surface area contributed by atoms with Gasteiger partial charge in [-0.25, -0.2) is 0 Å². The van der Waals surface area contributed by atoms with E-state index in [2.05, 4.69) is 11.9 Å². The third-order valence-corrected chi connectivity index (χ3v) is 3.20. The summed E-state index contributed by atoms with van der Waals surface area (Å²) in [6.07, 6.45) is -4.34. The number of aryl methyl sites for hydroxylation is 1. The summed E-state index contributed by atoms with van der Waals surface area (Å²) in [5, 5.41) is 3.04. The third kappa shape index (κ3) is 3.66. The van der Waals surface area contributed by atoms with E-state index in [0.717, 1.165) is 34.5 Å². The molecule has 0 radical (unpaired) electrons. The average Bonchev–Trinajstić information content (AvgIpc) is 2.40. The predicted molar refractivity (Wildman–Crippen MR) is 80.6 cm³/mol. The molecule has 0 saturated heterocycles. The second-order valence-corrected chi connectivity index (χ2v) is 5.01. The maximum atomic E-state index is 12.7. The molecule has 0 aromatic heterocycles. The summed E-state index contributed by atoms with van der Waals surface area (Å²) in [5.74, 6) is 0. The molecule has 4 heteroatoms. The molecule has 1 N–H and O–H groups in total. The van der Waals surface area contributed by atoms with Crippen LogP contribution >= 0.6 is 0 Å². The highest BCUT2D eigenvalue weighted by molar-refractivity contribution is 5.71. The molecule has 0 saturated carbocycles. The van der Waals surface area contributed by atoms with Crippen LogP contribution in [0.5, 0.6) is 0 Å². The molecule has 110 valence electrons. The van der Waals surface area contributed by atoms with E-state index in [1.54, 1.807) is 6.07 Å². The van der Waals surface area contributed by atoms with Gasteiger partial charge in [-0.2, -0.15) is 13.2 Å². The minimum Gasteiger partial charge on any atom is -0.355 e. The van der Waals surface area contributed by atoms with Crippen molar-refractivity contribution >= 4 is 16.9 Å². The predicted octanol–water partition coefficient (Wildman–Crippen LogP) is 5.79. The van der Waals surface area contributed by atoms with Crippen LogP contribution in [0.25, 0.3) is 5.57 Å². The van der Waals surface area contributed by atoms with Crippen molar-refractivity contribution in [1.29, 1.82) is 0 Å². The van der Waals surface area contributed by atoms with E-state index in [1.165, 1.54) is 6.07 Å². The average molecular weight is 291 g/mol. The summed E-state index contributed by atoms with van der Waals surface area (Å²) in [4.78, 5) is 0.